The van der Waals surface area contributed by atoms with Gasteiger partial charge in [0.25, 0.3) is 0 Å². The third-order valence-corrected chi connectivity index (χ3v) is 6.07. The quantitative estimate of drug-likeness (QED) is 0.867. The van der Waals surface area contributed by atoms with E-state index in [2.05, 4.69) is 12.2 Å². The van der Waals surface area contributed by atoms with Gasteiger partial charge in [-0.2, -0.15) is 0 Å². The van der Waals surface area contributed by atoms with E-state index in [1.54, 1.807) is 0 Å². The van der Waals surface area contributed by atoms with Crippen molar-refractivity contribution in [3.05, 3.63) is 0 Å². The van der Waals surface area contributed by atoms with E-state index >= 15 is 0 Å². The molecular weight excluding hydrogens is 266 g/mol. The molecule has 4 heteroatoms. The lowest BCUT2D eigenvalue weighted by molar-refractivity contribution is -0.243. The van der Waals surface area contributed by atoms with Crippen LogP contribution in [0, 0.1) is 11.3 Å². The third-order valence-electron chi connectivity index (χ3n) is 6.07. The maximum Gasteiger partial charge on any atom is 0.231 e. The van der Waals surface area contributed by atoms with Crippen LogP contribution >= 0.6 is 0 Å². The minimum Gasteiger partial charge on any atom is -0.353 e. The van der Waals surface area contributed by atoms with Gasteiger partial charge < -0.3 is 14.8 Å². The molecule has 4 nitrogen and oxygen atoms in total. The molecule has 21 heavy (non-hydrogen) atoms. The summed E-state index contributed by atoms with van der Waals surface area (Å²) in [5, 5.41) is 3.30. The number of carbonyl (C=O) groups excluding carboxylic acids is 1. The summed E-state index contributed by atoms with van der Waals surface area (Å²) in [6.45, 7) is 5.32. The van der Waals surface area contributed by atoms with Crippen molar-refractivity contribution >= 4 is 5.91 Å². The van der Waals surface area contributed by atoms with E-state index in [1.165, 1.54) is 32.1 Å². The number of amides is 1. The fourth-order valence-corrected chi connectivity index (χ4v) is 4.31. The molecule has 0 aromatic rings. The Balaban J connectivity index is 1.65. The summed E-state index contributed by atoms with van der Waals surface area (Å²) >= 11 is 0. The standard InChI is InChI=1S/C17H29NO3/c1-13(14-7-4-3-5-8-14)18-15(19)17(9-6-10-17)16(2)20-11-12-21-16/h13-14H,3-12H2,1-2H3,(H,18,19). The van der Waals surface area contributed by atoms with Crippen LogP contribution < -0.4 is 5.32 Å². The molecule has 120 valence electrons. The first-order chi connectivity index (χ1) is 10.1. The molecule has 1 heterocycles. The van der Waals surface area contributed by atoms with Crippen LogP contribution in [0.25, 0.3) is 0 Å². The van der Waals surface area contributed by atoms with Crippen molar-refractivity contribution < 1.29 is 14.3 Å². The van der Waals surface area contributed by atoms with Crippen LogP contribution in [0.5, 0.6) is 0 Å². The highest BCUT2D eigenvalue weighted by atomic mass is 16.7. The molecule has 3 fully saturated rings. The monoisotopic (exact) mass is 295 g/mol. The second kappa shape index (κ2) is 5.88. The molecule has 1 N–H and O–H groups in total. The fourth-order valence-electron chi connectivity index (χ4n) is 4.31. The third kappa shape index (κ3) is 2.61. The molecule has 1 aliphatic heterocycles. The van der Waals surface area contributed by atoms with Crippen molar-refractivity contribution in [3.8, 4) is 0 Å². The predicted octanol–water partition coefficient (Wildman–Crippen LogP) is 3.00. The largest absolute Gasteiger partial charge is 0.353 e. The summed E-state index contributed by atoms with van der Waals surface area (Å²) in [5.41, 5.74) is -0.466. The van der Waals surface area contributed by atoms with Gasteiger partial charge in [0.2, 0.25) is 5.91 Å². The van der Waals surface area contributed by atoms with Gasteiger partial charge in [0.05, 0.1) is 13.2 Å². The molecular formula is C17H29NO3. The summed E-state index contributed by atoms with van der Waals surface area (Å²) in [5.74, 6) is 0.0657. The van der Waals surface area contributed by atoms with Crippen LogP contribution in [0.2, 0.25) is 0 Å². The van der Waals surface area contributed by atoms with Gasteiger partial charge in [-0.05, 0) is 45.4 Å². The molecule has 2 saturated carbocycles. The van der Waals surface area contributed by atoms with Gasteiger partial charge >= 0.3 is 0 Å². The van der Waals surface area contributed by atoms with Gasteiger partial charge in [0.15, 0.2) is 5.79 Å². The number of carbonyl (C=O) groups is 1. The smallest absolute Gasteiger partial charge is 0.231 e. The highest BCUT2D eigenvalue weighted by Crippen LogP contribution is 2.53. The van der Waals surface area contributed by atoms with E-state index in [4.69, 9.17) is 9.47 Å². The Morgan fingerprint density at radius 2 is 1.71 bits per heavy atom. The Morgan fingerprint density at radius 1 is 1.10 bits per heavy atom. The molecule has 0 spiro atoms. The van der Waals surface area contributed by atoms with Crippen LogP contribution in [0.4, 0.5) is 0 Å². The normalized spacial score (nSPS) is 29.6. The second-order valence-corrected chi connectivity index (χ2v) is 7.24. The fraction of sp³-hybridized carbons (Fsp3) is 0.941. The highest BCUT2D eigenvalue weighted by molar-refractivity contribution is 5.85. The lowest BCUT2D eigenvalue weighted by atomic mass is 9.62. The zero-order valence-electron chi connectivity index (χ0n) is 13.5. The molecule has 0 aromatic carbocycles. The number of ether oxygens (including phenoxy) is 2. The maximum atomic E-state index is 12.9. The lowest BCUT2D eigenvalue weighted by Gasteiger charge is -2.50. The van der Waals surface area contributed by atoms with Crippen molar-refractivity contribution in [2.24, 2.45) is 11.3 Å². The highest BCUT2D eigenvalue weighted by Gasteiger charge is 2.61. The van der Waals surface area contributed by atoms with E-state index in [-0.39, 0.29) is 11.9 Å². The average molecular weight is 295 g/mol. The van der Waals surface area contributed by atoms with E-state index in [9.17, 15) is 4.79 Å². The van der Waals surface area contributed by atoms with Crippen LogP contribution in [-0.4, -0.2) is 30.9 Å². The van der Waals surface area contributed by atoms with Crippen molar-refractivity contribution in [1.29, 1.82) is 0 Å². The molecule has 3 rings (SSSR count). The molecule has 1 atom stereocenters. The summed E-state index contributed by atoms with van der Waals surface area (Å²) in [7, 11) is 0. The summed E-state index contributed by atoms with van der Waals surface area (Å²) < 4.78 is 11.6. The van der Waals surface area contributed by atoms with Gasteiger partial charge in [-0.3, -0.25) is 4.79 Å². The topological polar surface area (TPSA) is 47.6 Å². The first-order valence-electron chi connectivity index (χ1n) is 8.66. The molecule has 3 aliphatic rings. The minimum absolute atomic E-state index is 0.149. The lowest BCUT2D eigenvalue weighted by Crippen LogP contribution is -2.61. The van der Waals surface area contributed by atoms with Crippen LogP contribution in [0.1, 0.15) is 65.2 Å². The molecule has 0 radical (unpaired) electrons. The Morgan fingerprint density at radius 3 is 2.24 bits per heavy atom. The molecule has 1 amide bonds. The van der Waals surface area contributed by atoms with Gasteiger partial charge in [-0.1, -0.05) is 25.7 Å². The van der Waals surface area contributed by atoms with Crippen molar-refractivity contribution in [2.45, 2.75) is 77.0 Å². The number of hydrogen-bond donors (Lipinski definition) is 1. The van der Waals surface area contributed by atoms with Crippen molar-refractivity contribution in [3.63, 3.8) is 0 Å². The SMILES string of the molecule is CC(NC(=O)C1(C2(C)OCCO2)CCC1)C1CCCCC1. The van der Waals surface area contributed by atoms with Crippen LogP contribution in [-0.2, 0) is 14.3 Å². The summed E-state index contributed by atoms with van der Waals surface area (Å²) in [4.78, 5) is 12.9. The van der Waals surface area contributed by atoms with Gasteiger partial charge in [-0.25, -0.2) is 0 Å². The first kappa shape index (κ1) is 15.3. The number of nitrogens with one attached hydrogen (secondary N) is 1. The Labute approximate surface area is 127 Å². The van der Waals surface area contributed by atoms with E-state index in [0.717, 1.165) is 19.3 Å². The number of rotatable bonds is 4. The molecule has 1 unspecified atom stereocenters. The molecule has 1 saturated heterocycles. The van der Waals surface area contributed by atoms with Gasteiger partial charge in [0, 0.05) is 6.04 Å². The van der Waals surface area contributed by atoms with Crippen LogP contribution in [0.15, 0.2) is 0 Å². The molecule has 0 aromatic heterocycles. The minimum atomic E-state index is -0.721. The van der Waals surface area contributed by atoms with Crippen LogP contribution in [0.3, 0.4) is 0 Å². The first-order valence-corrected chi connectivity index (χ1v) is 8.66. The Bertz CT molecular complexity index is 379. The van der Waals surface area contributed by atoms with E-state index in [1.807, 2.05) is 6.92 Å². The summed E-state index contributed by atoms with van der Waals surface area (Å²) in [6, 6.07) is 0.264. The van der Waals surface area contributed by atoms with Gasteiger partial charge in [0.1, 0.15) is 5.41 Å². The maximum absolute atomic E-state index is 12.9. The van der Waals surface area contributed by atoms with Crippen molar-refractivity contribution in [2.75, 3.05) is 13.2 Å². The zero-order valence-corrected chi connectivity index (χ0v) is 13.5. The average Bonchev–Trinajstić information content (AvgIpc) is 2.86. The Hall–Kier alpha value is -0.610. The van der Waals surface area contributed by atoms with Crippen molar-refractivity contribution in [1.82, 2.24) is 5.32 Å². The molecule has 2 aliphatic carbocycles. The summed E-state index contributed by atoms with van der Waals surface area (Å²) in [6.07, 6.45) is 9.31. The predicted molar refractivity (Wildman–Crippen MR) is 80.8 cm³/mol. The number of hydrogen-bond acceptors (Lipinski definition) is 3. The van der Waals surface area contributed by atoms with Gasteiger partial charge in [-0.15, -0.1) is 0 Å². The molecule has 0 bridgehead atoms. The van der Waals surface area contributed by atoms with E-state index in [0.29, 0.717) is 19.1 Å². The van der Waals surface area contributed by atoms with E-state index < -0.39 is 11.2 Å². The zero-order chi connectivity index (χ0) is 14.9. The Kier molecular flexibility index (Phi) is 4.28. The second-order valence-electron chi connectivity index (χ2n) is 7.24.